The fourth-order valence-corrected chi connectivity index (χ4v) is 5.66. The number of benzene rings is 2. The molecule has 1 amide bonds. The van der Waals surface area contributed by atoms with Crippen molar-refractivity contribution in [2.75, 3.05) is 23.3 Å². The smallest absolute Gasteiger partial charge is 0.410 e. The number of piperidine rings is 1. The van der Waals surface area contributed by atoms with Crippen molar-refractivity contribution in [3.63, 3.8) is 0 Å². The van der Waals surface area contributed by atoms with Gasteiger partial charge >= 0.3 is 6.09 Å². The van der Waals surface area contributed by atoms with Crippen LogP contribution < -0.4 is 15.0 Å². The third kappa shape index (κ3) is 5.11. The standard InChI is InChI=1S/C30H32N10O3/c1-17-10-18(6-9-25(17)42-21-7-8-24-22(12-21)36-37-38(24)5)34-27-26-23(32-16-33-27)13-31-28(35-26)39-14-19-11-20(15-39)40(19)29(41)43-30(2,3)4/h6-10,12-13,16,19-20H,11,14-15H2,1-5H3,(H,32,33,34). The molecule has 13 heteroatoms. The van der Waals surface area contributed by atoms with Crippen LogP contribution in [0.1, 0.15) is 32.8 Å². The highest BCUT2D eigenvalue weighted by Gasteiger charge is 2.49. The summed E-state index contributed by atoms with van der Waals surface area (Å²) in [5.74, 6) is 2.58. The highest BCUT2D eigenvalue weighted by molar-refractivity contribution is 5.87. The summed E-state index contributed by atoms with van der Waals surface area (Å²) >= 11 is 0. The average molecular weight is 581 g/mol. The maximum Gasteiger partial charge on any atom is 0.410 e. The van der Waals surface area contributed by atoms with E-state index in [0.717, 1.165) is 34.5 Å². The SMILES string of the molecule is Cc1cc(Nc2ncnc3cnc(N4CC5CC(C4)N5C(=O)OC(C)(C)C)nc23)ccc1Oc1ccc2c(c1)nnn2C. The van der Waals surface area contributed by atoms with E-state index in [1.54, 1.807) is 10.9 Å². The predicted molar refractivity (Wildman–Crippen MR) is 161 cm³/mol. The molecule has 0 radical (unpaired) electrons. The van der Waals surface area contributed by atoms with E-state index < -0.39 is 5.60 Å². The summed E-state index contributed by atoms with van der Waals surface area (Å²) < 4.78 is 13.5. The van der Waals surface area contributed by atoms with Gasteiger partial charge in [-0.15, -0.1) is 5.10 Å². The second kappa shape index (κ2) is 10.0. The minimum atomic E-state index is -0.524. The van der Waals surface area contributed by atoms with Gasteiger partial charge in [0.05, 0.1) is 23.8 Å². The molecule has 0 saturated carbocycles. The molecule has 1 N–H and O–H groups in total. The van der Waals surface area contributed by atoms with Crippen molar-refractivity contribution in [2.45, 2.75) is 51.8 Å². The van der Waals surface area contributed by atoms with Gasteiger partial charge in [0, 0.05) is 31.9 Å². The fraction of sp³-hybridized carbons (Fsp3) is 0.367. The van der Waals surface area contributed by atoms with Gasteiger partial charge in [-0.25, -0.2) is 29.4 Å². The minimum Gasteiger partial charge on any atom is -0.457 e. The van der Waals surface area contributed by atoms with Crippen LogP contribution >= 0.6 is 0 Å². The molecule has 220 valence electrons. The van der Waals surface area contributed by atoms with E-state index in [-0.39, 0.29) is 18.2 Å². The van der Waals surface area contributed by atoms with E-state index in [4.69, 9.17) is 14.5 Å². The Morgan fingerprint density at radius 1 is 1.02 bits per heavy atom. The van der Waals surface area contributed by atoms with Crippen molar-refractivity contribution in [3.8, 4) is 11.5 Å². The Hall–Kier alpha value is -5.07. The maximum absolute atomic E-state index is 12.7. The topological polar surface area (TPSA) is 136 Å². The average Bonchev–Trinajstić information content (AvgIpc) is 3.33. The molecule has 3 aromatic heterocycles. The third-order valence-corrected chi connectivity index (χ3v) is 7.69. The number of aromatic nitrogens is 7. The monoisotopic (exact) mass is 580 g/mol. The van der Waals surface area contributed by atoms with Gasteiger partial charge in [0.1, 0.15) is 40.0 Å². The molecule has 5 aromatic rings. The zero-order valence-corrected chi connectivity index (χ0v) is 24.6. The molecule has 43 heavy (non-hydrogen) atoms. The Morgan fingerprint density at radius 3 is 2.60 bits per heavy atom. The molecule has 2 aromatic carbocycles. The summed E-state index contributed by atoms with van der Waals surface area (Å²) in [7, 11) is 1.86. The van der Waals surface area contributed by atoms with Crippen LogP contribution in [-0.2, 0) is 11.8 Å². The van der Waals surface area contributed by atoms with Gasteiger partial charge in [-0.3, -0.25) is 4.90 Å². The van der Waals surface area contributed by atoms with Gasteiger partial charge in [0.15, 0.2) is 5.82 Å². The van der Waals surface area contributed by atoms with Gasteiger partial charge in [-0.2, -0.15) is 0 Å². The van der Waals surface area contributed by atoms with Crippen LogP contribution in [0.5, 0.6) is 11.5 Å². The van der Waals surface area contributed by atoms with Crippen LogP contribution in [-0.4, -0.2) is 76.7 Å². The predicted octanol–water partition coefficient (Wildman–Crippen LogP) is 4.74. The van der Waals surface area contributed by atoms with Crippen LogP contribution in [0.2, 0.25) is 0 Å². The summed E-state index contributed by atoms with van der Waals surface area (Å²) in [5.41, 5.74) is 4.22. The molecule has 3 saturated heterocycles. The molecule has 2 unspecified atom stereocenters. The van der Waals surface area contributed by atoms with Gasteiger partial charge < -0.3 is 19.7 Å². The van der Waals surface area contributed by atoms with Crippen LogP contribution in [0.15, 0.2) is 48.9 Å². The summed E-state index contributed by atoms with van der Waals surface area (Å²) in [6, 6.07) is 11.7. The first-order chi connectivity index (χ1) is 20.6. The van der Waals surface area contributed by atoms with Crippen molar-refractivity contribution in [3.05, 3.63) is 54.5 Å². The molecule has 0 aliphatic carbocycles. The number of hydrogen-bond acceptors (Lipinski definition) is 11. The van der Waals surface area contributed by atoms with Crippen LogP contribution in [0, 0.1) is 6.92 Å². The number of anilines is 3. The van der Waals surface area contributed by atoms with Crippen molar-refractivity contribution in [1.82, 2.24) is 39.8 Å². The quantitative estimate of drug-likeness (QED) is 0.309. The summed E-state index contributed by atoms with van der Waals surface area (Å²) in [6.07, 6.45) is 3.90. The first-order valence-electron chi connectivity index (χ1n) is 14.2. The number of hydrogen-bond donors (Lipinski definition) is 1. The Morgan fingerprint density at radius 2 is 1.84 bits per heavy atom. The zero-order valence-electron chi connectivity index (χ0n) is 24.6. The number of rotatable bonds is 5. The van der Waals surface area contributed by atoms with E-state index in [2.05, 4.69) is 35.5 Å². The van der Waals surface area contributed by atoms with Crippen molar-refractivity contribution < 1.29 is 14.3 Å². The number of fused-ring (bicyclic) bond motifs is 4. The molecule has 6 heterocycles. The lowest BCUT2D eigenvalue weighted by Gasteiger charge is -2.55. The lowest BCUT2D eigenvalue weighted by molar-refractivity contribution is -0.0381. The van der Waals surface area contributed by atoms with Crippen LogP contribution in [0.25, 0.3) is 22.1 Å². The van der Waals surface area contributed by atoms with Gasteiger partial charge in [0.25, 0.3) is 0 Å². The van der Waals surface area contributed by atoms with Crippen molar-refractivity contribution >= 4 is 45.6 Å². The largest absolute Gasteiger partial charge is 0.457 e. The summed E-state index contributed by atoms with van der Waals surface area (Å²) in [6.45, 7) is 8.92. The van der Waals surface area contributed by atoms with Crippen molar-refractivity contribution in [2.24, 2.45) is 7.05 Å². The number of aryl methyl sites for hydroxylation is 2. The highest BCUT2D eigenvalue weighted by atomic mass is 16.6. The Kier molecular flexibility index (Phi) is 6.26. The molecule has 13 nitrogen and oxygen atoms in total. The molecule has 8 rings (SSSR count). The summed E-state index contributed by atoms with van der Waals surface area (Å²) in [5, 5.41) is 11.6. The van der Waals surface area contributed by atoms with E-state index in [9.17, 15) is 4.79 Å². The lowest BCUT2D eigenvalue weighted by atomic mass is 9.88. The Bertz CT molecular complexity index is 1850. The molecule has 2 atom stereocenters. The lowest BCUT2D eigenvalue weighted by Crippen LogP contribution is -2.70. The number of piperazine rings is 1. The normalized spacial score (nSPS) is 18.1. The molecular formula is C30H32N10O3. The van der Waals surface area contributed by atoms with E-state index in [1.165, 1.54) is 6.33 Å². The van der Waals surface area contributed by atoms with Crippen LogP contribution in [0.3, 0.4) is 0 Å². The second-order valence-corrected chi connectivity index (χ2v) is 12.0. The molecular weight excluding hydrogens is 548 g/mol. The molecule has 3 aliphatic heterocycles. The number of nitrogens with one attached hydrogen (secondary N) is 1. The van der Waals surface area contributed by atoms with Crippen LogP contribution in [0.4, 0.5) is 22.2 Å². The molecule has 3 aliphatic rings. The minimum absolute atomic E-state index is 0.0729. The zero-order chi connectivity index (χ0) is 29.9. The third-order valence-electron chi connectivity index (χ3n) is 7.69. The Labute approximate surface area is 247 Å². The van der Waals surface area contributed by atoms with E-state index in [0.29, 0.717) is 41.6 Å². The van der Waals surface area contributed by atoms with Gasteiger partial charge in [0.2, 0.25) is 5.95 Å². The number of ether oxygens (including phenoxy) is 2. The second-order valence-electron chi connectivity index (χ2n) is 12.0. The molecule has 2 bridgehead atoms. The number of nitrogens with zero attached hydrogens (tertiary/aromatic N) is 9. The van der Waals surface area contributed by atoms with E-state index in [1.807, 2.05) is 76.0 Å². The maximum atomic E-state index is 12.7. The number of carbonyl (C=O) groups is 1. The first-order valence-corrected chi connectivity index (χ1v) is 14.2. The Balaban J connectivity index is 1.08. The van der Waals surface area contributed by atoms with Crippen molar-refractivity contribution in [1.29, 1.82) is 0 Å². The van der Waals surface area contributed by atoms with Gasteiger partial charge in [-0.05, 0) is 70.0 Å². The molecule has 3 fully saturated rings. The number of amides is 1. The highest BCUT2D eigenvalue weighted by Crippen LogP contribution is 2.36. The fourth-order valence-electron chi connectivity index (χ4n) is 5.66. The van der Waals surface area contributed by atoms with Gasteiger partial charge in [-0.1, -0.05) is 5.21 Å². The van der Waals surface area contributed by atoms with E-state index >= 15 is 0 Å². The number of carbonyl (C=O) groups excluding carboxylic acids is 1. The summed E-state index contributed by atoms with van der Waals surface area (Å²) in [4.78, 5) is 35.0. The first kappa shape index (κ1) is 26.8. The molecule has 0 spiro atoms.